The number of benzene rings is 7. The van der Waals surface area contributed by atoms with Crippen LogP contribution in [0.5, 0.6) is 5.75 Å². The Labute approximate surface area is 290 Å². The Bertz CT molecular complexity index is 2620. The van der Waals surface area contributed by atoms with E-state index in [1.807, 2.05) is 13.9 Å². The molecule has 7 aromatic carbocycles. The first-order valence-corrected chi connectivity index (χ1v) is 17.1. The van der Waals surface area contributed by atoms with Gasteiger partial charge in [-0.05, 0) is 73.1 Å². The highest BCUT2D eigenvalue weighted by Gasteiger charge is 2.35. The fraction of sp³-hybridized carbons (Fsp3) is 0.0714. The summed E-state index contributed by atoms with van der Waals surface area (Å²) in [4.78, 5) is 5.37. The third-order valence-corrected chi connectivity index (χ3v) is 11.4. The summed E-state index contributed by atoms with van der Waals surface area (Å²) in [6, 6.07) is 41.7. The third-order valence-electron chi connectivity index (χ3n) is 11.4. The van der Waals surface area contributed by atoms with Gasteiger partial charge in [-0.25, -0.2) is 4.98 Å². The molecule has 9 rings (SSSR count). The van der Waals surface area contributed by atoms with Crippen LogP contribution in [0.25, 0.3) is 71.9 Å². The Kier molecular flexibility index (Phi) is 6.39. The van der Waals surface area contributed by atoms with Crippen molar-refractivity contribution in [2.75, 3.05) is 0 Å². The van der Waals surface area contributed by atoms with Crippen molar-refractivity contribution in [1.29, 1.82) is 0 Å². The minimum Gasteiger partial charge on any atom is -0.506 e. The van der Waals surface area contributed by atoms with Crippen LogP contribution in [-0.2, 0) is 5.41 Å². The van der Waals surface area contributed by atoms with Crippen LogP contribution in [0.4, 0.5) is 0 Å². The molecule has 0 saturated carbocycles. The van der Waals surface area contributed by atoms with Crippen LogP contribution in [0.1, 0.15) is 25.0 Å². The highest BCUT2D eigenvalue weighted by Crippen LogP contribution is 2.51. The Morgan fingerprint density at radius 2 is 1.12 bits per heavy atom. The molecule has 49 heavy (non-hydrogen) atoms. The lowest BCUT2D eigenvalue weighted by molar-refractivity contribution is 0.478. The van der Waals surface area contributed by atoms with Crippen molar-refractivity contribution in [3.63, 3.8) is 0 Å². The van der Waals surface area contributed by atoms with Gasteiger partial charge in [0, 0.05) is 11.0 Å². The second kappa shape index (κ2) is 10.5. The molecule has 3 nitrogen and oxygen atoms in total. The zero-order valence-electron chi connectivity index (χ0n) is 28.8. The maximum absolute atomic E-state index is 11.8. The molecule has 0 bridgehead atoms. The van der Waals surface area contributed by atoms with Gasteiger partial charge in [0.25, 0.3) is 0 Å². The van der Waals surface area contributed by atoms with Gasteiger partial charge in [0.1, 0.15) is 43.0 Å². The molecule has 0 radical (unpaired) electrons. The summed E-state index contributed by atoms with van der Waals surface area (Å²) < 4.78 is 2.20. The van der Waals surface area contributed by atoms with E-state index < -0.39 is 0 Å². The van der Waals surface area contributed by atoms with Crippen molar-refractivity contribution in [2.24, 2.45) is 0 Å². The van der Waals surface area contributed by atoms with Crippen LogP contribution >= 0.6 is 0 Å². The molecule has 7 heteroatoms. The third kappa shape index (κ3) is 4.05. The van der Waals surface area contributed by atoms with E-state index in [1.54, 1.807) is 0 Å². The van der Waals surface area contributed by atoms with Gasteiger partial charge in [-0.3, -0.25) is 4.57 Å². The highest BCUT2D eigenvalue weighted by molar-refractivity contribution is 6.64. The van der Waals surface area contributed by atoms with Gasteiger partial charge in [0.2, 0.25) is 0 Å². The van der Waals surface area contributed by atoms with Gasteiger partial charge >= 0.3 is 0 Å². The summed E-state index contributed by atoms with van der Waals surface area (Å²) in [5.74, 6) is 1.13. The number of aromatic hydroxyl groups is 1. The number of nitrogens with zero attached hydrogens (tertiary/aromatic N) is 2. The van der Waals surface area contributed by atoms with Crippen LogP contribution < -0.4 is 21.9 Å². The summed E-state index contributed by atoms with van der Waals surface area (Å²) in [6.45, 7) is 4.69. The fourth-order valence-corrected chi connectivity index (χ4v) is 8.51. The van der Waals surface area contributed by atoms with E-state index in [-0.39, 0.29) is 5.41 Å². The Hall–Kier alpha value is -5.41. The highest BCUT2D eigenvalue weighted by atomic mass is 16.3. The molecule has 0 fully saturated rings. The predicted molar refractivity (Wildman–Crippen MR) is 219 cm³/mol. The Balaban J connectivity index is 1.39. The number of fused-ring (bicyclic) bond motifs is 6. The molecule has 0 atom stereocenters. The van der Waals surface area contributed by atoms with E-state index in [1.165, 1.54) is 49.6 Å². The molecule has 1 aliphatic carbocycles. The standard InChI is InChI=1S/C42H34B4N2O/c1-42(2)29-16-8-7-11-23(29)24-20-19-22(21-30(24)42)33-25-12-3-5-14-27(25)34(28-15-6-4-13-26(28)33)41-47-31-17-9-10-18-32(31)48(41)39-37(45)35(43)36(44)38(46)40(39)49/h3-21,49H,43-46H2,1-2H3. The molecule has 1 N–H and O–H groups in total. The van der Waals surface area contributed by atoms with Crippen molar-refractivity contribution >= 4 is 85.8 Å². The fourth-order valence-electron chi connectivity index (χ4n) is 8.51. The average Bonchev–Trinajstić information content (AvgIpc) is 3.60. The SMILES string of the molecule is Bc1c(B)c(B)c(-n2c(-c3c4ccccc4c(-c4ccc5c(c4)C(C)(C)c4ccccc4-5)c4ccccc34)nc3ccccc32)c(O)c1B. The maximum atomic E-state index is 11.8. The first-order chi connectivity index (χ1) is 23.7. The smallest absolute Gasteiger partial charge is 0.147 e. The summed E-state index contributed by atoms with van der Waals surface area (Å²) in [5.41, 5.74) is 15.7. The van der Waals surface area contributed by atoms with Gasteiger partial charge in [-0.1, -0.05) is 133 Å². The topological polar surface area (TPSA) is 38.0 Å². The van der Waals surface area contributed by atoms with E-state index in [0.29, 0.717) is 5.75 Å². The van der Waals surface area contributed by atoms with Crippen LogP contribution in [0.15, 0.2) is 115 Å². The molecule has 1 aromatic heterocycles. The number of rotatable bonds is 3. The van der Waals surface area contributed by atoms with E-state index in [9.17, 15) is 5.11 Å². The van der Waals surface area contributed by atoms with E-state index in [4.69, 9.17) is 4.98 Å². The first-order valence-electron chi connectivity index (χ1n) is 17.1. The number of aromatic nitrogens is 2. The van der Waals surface area contributed by atoms with E-state index >= 15 is 0 Å². The van der Waals surface area contributed by atoms with Crippen molar-refractivity contribution in [2.45, 2.75) is 19.3 Å². The minimum absolute atomic E-state index is 0.0947. The molecular weight excluding hydrogens is 592 g/mol. The molecule has 230 valence electrons. The Morgan fingerprint density at radius 1 is 0.571 bits per heavy atom. The summed E-state index contributed by atoms with van der Waals surface area (Å²) in [7, 11) is 8.36. The number of para-hydroxylation sites is 2. The van der Waals surface area contributed by atoms with Crippen molar-refractivity contribution in [3.05, 3.63) is 126 Å². The van der Waals surface area contributed by atoms with Gasteiger partial charge < -0.3 is 5.11 Å². The summed E-state index contributed by atoms with van der Waals surface area (Å²) in [5, 5.41) is 16.5. The minimum atomic E-state index is -0.0947. The van der Waals surface area contributed by atoms with Crippen LogP contribution in [0, 0.1) is 0 Å². The molecule has 0 amide bonds. The summed E-state index contributed by atoms with van der Waals surface area (Å²) >= 11 is 0. The quantitative estimate of drug-likeness (QED) is 0.240. The van der Waals surface area contributed by atoms with Gasteiger partial charge in [0.05, 0.1) is 16.7 Å². The second-order valence-electron chi connectivity index (χ2n) is 14.2. The largest absolute Gasteiger partial charge is 0.506 e. The molecule has 0 saturated heterocycles. The van der Waals surface area contributed by atoms with Gasteiger partial charge in [-0.2, -0.15) is 0 Å². The number of phenolic OH excluding ortho intramolecular Hbond substituents is 1. The average molecular weight is 626 g/mol. The van der Waals surface area contributed by atoms with E-state index in [2.05, 4.69) is 151 Å². The zero-order chi connectivity index (χ0) is 33.8. The van der Waals surface area contributed by atoms with Crippen LogP contribution in [0.2, 0.25) is 0 Å². The Morgan fingerprint density at radius 3 is 1.82 bits per heavy atom. The first kappa shape index (κ1) is 29.7. The van der Waals surface area contributed by atoms with Crippen LogP contribution in [-0.4, -0.2) is 46.0 Å². The van der Waals surface area contributed by atoms with Gasteiger partial charge in [-0.15, -0.1) is 0 Å². The molecule has 0 unspecified atom stereocenters. The number of hydrogen-bond acceptors (Lipinski definition) is 2. The molecule has 0 spiro atoms. The van der Waals surface area contributed by atoms with Crippen LogP contribution in [0.3, 0.4) is 0 Å². The lowest BCUT2D eigenvalue weighted by Gasteiger charge is -2.23. The maximum Gasteiger partial charge on any atom is 0.147 e. The zero-order valence-corrected chi connectivity index (χ0v) is 28.8. The van der Waals surface area contributed by atoms with Crippen molar-refractivity contribution in [1.82, 2.24) is 9.55 Å². The molecule has 0 aliphatic heterocycles. The van der Waals surface area contributed by atoms with Gasteiger partial charge in [0.15, 0.2) is 0 Å². The number of phenols is 1. The monoisotopic (exact) mass is 626 g/mol. The normalized spacial score (nSPS) is 13.3. The van der Waals surface area contributed by atoms with Crippen molar-refractivity contribution < 1.29 is 5.11 Å². The predicted octanol–water partition coefficient (Wildman–Crippen LogP) is 3.71. The lowest BCUT2D eigenvalue weighted by Crippen LogP contribution is -2.49. The molecule has 1 heterocycles. The number of imidazole rings is 1. The lowest BCUT2D eigenvalue weighted by atomic mass is 9.66. The second-order valence-corrected chi connectivity index (χ2v) is 14.2. The van der Waals surface area contributed by atoms with E-state index in [0.717, 1.165) is 55.3 Å². The number of hydrogen-bond donors (Lipinski definition) is 1. The molecular formula is C42H34B4N2O. The molecule has 1 aliphatic rings. The van der Waals surface area contributed by atoms with Crippen molar-refractivity contribution in [3.8, 4) is 45.1 Å². The summed E-state index contributed by atoms with van der Waals surface area (Å²) in [6.07, 6.45) is 0. The molecule has 8 aromatic rings.